The van der Waals surface area contributed by atoms with Gasteiger partial charge in [0.2, 0.25) is 5.91 Å². The number of methoxy groups -OCH3 is 1. The lowest BCUT2D eigenvalue weighted by Crippen LogP contribution is -2.49. The molecule has 170 valence electrons. The molecule has 0 unspecified atom stereocenters. The summed E-state index contributed by atoms with van der Waals surface area (Å²) in [5, 5.41) is 6.94. The number of hydrogen-bond acceptors (Lipinski definition) is 4. The number of nitrogens with one attached hydrogen (secondary N) is 2. The van der Waals surface area contributed by atoms with Gasteiger partial charge in [0.15, 0.2) is 5.96 Å². The molecule has 0 spiro atoms. The summed E-state index contributed by atoms with van der Waals surface area (Å²) in [5.41, 5.74) is 1.23. The fourth-order valence-electron chi connectivity index (χ4n) is 3.37. The zero-order valence-electron chi connectivity index (χ0n) is 18.8. The number of amides is 1. The zero-order valence-corrected chi connectivity index (χ0v) is 21.1. The van der Waals surface area contributed by atoms with Crippen molar-refractivity contribution in [2.75, 3.05) is 53.9 Å². The lowest BCUT2D eigenvalue weighted by molar-refractivity contribution is -0.127. The van der Waals surface area contributed by atoms with Gasteiger partial charge in [0.05, 0.1) is 7.11 Å². The third-order valence-electron chi connectivity index (χ3n) is 5.20. The van der Waals surface area contributed by atoms with Crippen LogP contribution in [0.3, 0.4) is 0 Å². The standard InChI is InChI=1S/C22H37N5O2.HI/c1-5-14-27-15-11-19(12-16-27)25-22(24-17-21(28)26(2)3)23-13-10-18-6-8-20(29-4)9-7-18;/h6-9,19H,5,10-17H2,1-4H3,(H2,23,24,25);1H. The minimum Gasteiger partial charge on any atom is -0.497 e. The highest BCUT2D eigenvalue weighted by Gasteiger charge is 2.19. The predicted molar refractivity (Wildman–Crippen MR) is 134 cm³/mol. The number of halogens is 1. The Hall–Kier alpha value is -1.55. The van der Waals surface area contributed by atoms with E-state index >= 15 is 0 Å². The van der Waals surface area contributed by atoms with E-state index < -0.39 is 0 Å². The lowest BCUT2D eigenvalue weighted by Gasteiger charge is -2.32. The molecule has 0 aromatic heterocycles. The van der Waals surface area contributed by atoms with Crippen LogP contribution in [0.5, 0.6) is 5.75 Å². The number of guanidine groups is 1. The highest BCUT2D eigenvalue weighted by atomic mass is 127. The van der Waals surface area contributed by atoms with Crippen molar-refractivity contribution in [3.8, 4) is 5.75 Å². The number of nitrogens with zero attached hydrogens (tertiary/aromatic N) is 3. The first kappa shape index (κ1) is 26.5. The van der Waals surface area contributed by atoms with Crippen LogP contribution >= 0.6 is 24.0 Å². The summed E-state index contributed by atoms with van der Waals surface area (Å²) >= 11 is 0. The maximum Gasteiger partial charge on any atom is 0.243 e. The van der Waals surface area contributed by atoms with Gasteiger partial charge in [-0.1, -0.05) is 19.1 Å². The van der Waals surface area contributed by atoms with Crippen molar-refractivity contribution in [1.29, 1.82) is 0 Å². The molecule has 0 radical (unpaired) electrons. The molecule has 1 saturated heterocycles. The summed E-state index contributed by atoms with van der Waals surface area (Å²) in [5.74, 6) is 1.59. The van der Waals surface area contributed by atoms with Crippen LogP contribution in [0.1, 0.15) is 31.7 Å². The molecule has 1 aromatic carbocycles. The normalized spacial score (nSPS) is 15.3. The Labute approximate surface area is 198 Å². The first-order chi connectivity index (χ1) is 14.0. The van der Waals surface area contributed by atoms with Gasteiger partial charge < -0.3 is 25.2 Å². The van der Waals surface area contributed by atoms with E-state index in [0.29, 0.717) is 6.04 Å². The topological polar surface area (TPSA) is 69.2 Å². The lowest BCUT2D eigenvalue weighted by atomic mass is 10.1. The number of carbonyl (C=O) groups is 1. The highest BCUT2D eigenvalue weighted by Crippen LogP contribution is 2.12. The number of ether oxygens (including phenoxy) is 1. The van der Waals surface area contributed by atoms with Crippen molar-refractivity contribution in [3.05, 3.63) is 29.8 Å². The summed E-state index contributed by atoms with van der Waals surface area (Å²) in [6.45, 7) is 6.53. The molecular formula is C22H38IN5O2. The Bertz CT molecular complexity index is 643. The second kappa shape index (κ2) is 14.5. The Morgan fingerprint density at radius 3 is 2.47 bits per heavy atom. The van der Waals surface area contributed by atoms with E-state index in [1.165, 1.54) is 18.5 Å². The second-order valence-corrected chi connectivity index (χ2v) is 7.74. The molecule has 0 atom stereocenters. The first-order valence-electron chi connectivity index (χ1n) is 10.6. The van der Waals surface area contributed by atoms with Crippen molar-refractivity contribution >= 4 is 35.8 Å². The minimum absolute atomic E-state index is 0. The molecule has 1 fully saturated rings. The van der Waals surface area contributed by atoms with Crippen LogP contribution in [-0.2, 0) is 11.2 Å². The van der Waals surface area contributed by atoms with E-state index in [0.717, 1.165) is 50.6 Å². The second-order valence-electron chi connectivity index (χ2n) is 7.74. The molecule has 8 heteroatoms. The smallest absolute Gasteiger partial charge is 0.243 e. The molecule has 0 saturated carbocycles. The number of hydrogen-bond donors (Lipinski definition) is 2. The van der Waals surface area contributed by atoms with Gasteiger partial charge in [-0.05, 0) is 49.9 Å². The van der Waals surface area contributed by atoms with E-state index in [2.05, 4.69) is 39.6 Å². The van der Waals surface area contributed by atoms with Gasteiger partial charge in [0, 0.05) is 39.8 Å². The molecule has 1 aromatic rings. The van der Waals surface area contributed by atoms with Gasteiger partial charge in [0.25, 0.3) is 0 Å². The molecule has 30 heavy (non-hydrogen) atoms. The average molecular weight is 531 g/mol. The Kier molecular flexibility index (Phi) is 12.8. The molecule has 1 heterocycles. The van der Waals surface area contributed by atoms with E-state index in [1.807, 2.05) is 12.1 Å². The number of carbonyl (C=O) groups excluding carboxylic acids is 1. The third kappa shape index (κ3) is 9.51. The number of aliphatic imine (C=N–C) groups is 1. The largest absolute Gasteiger partial charge is 0.497 e. The highest BCUT2D eigenvalue weighted by molar-refractivity contribution is 14.0. The number of piperidine rings is 1. The Morgan fingerprint density at radius 1 is 1.23 bits per heavy atom. The number of likely N-dealkylation sites (tertiary alicyclic amines) is 1. The monoisotopic (exact) mass is 531 g/mol. The zero-order chi connectivity index (χ0) is 21.1. The molecule has 2 rings (SSSR count). The summed E-state index contributed by atoms with van der Waals surface area (Å²) in [7, 11) is 5.18. The van der Waals surface area contributed by atoms with E-state index in [1.54, 1.807) is 26.1 Å². The van der Waals surface area contributed by atoms with Crippen LogP contribution in [-0.4, -0.2) is 81.6 Å². The summed E-state index contributed by atoms with van der Waals surface area (Å²) in [6, 6.07) is 8.49. The van der Waals surface area contributed by atoms with Crippen molar-refractivity contribution in [1.82, 2.24) is 20.4 Å². The fraction of sp³-hybridized carbons (Fsp3) is 0.636. The number of rotatable bonds is 9. The number of likely N-dealkylation sites (N-methyl/N-ethyl adjacent to an activating group) is 1. The average Bonchev–Trinajstić information content (AvgIpc) is 2.73. The van der Waals surface area contributed by atoms with Crippen LogP contribution in [0.25, 0.3) is 0 Å². The molecule has 1 aliphatic heterocycles. The predicted octanol–water partition coefficient (Wildman–Crippen LogP) is 2.35. The van der Waals surface area contributed by atoms with Gasteiger partial charge >= 0.3 is 0 Å². The molecule has 7 nitrogen and oxygen atoms in total. The first-order valence-corrected chi connectivity index (χ1v) is 10.6. The number of benzene rings is 1. The maximum atomic E-state index is 12.0. The van der Waals surface area contributed by atoms with Crippen molar-refractivity contribution in [3.63, 3.8) is 0 Å². The molecule has 2 N–H and O–H groups in total. The summed E-state index contributed by atoms with van der Waals surface area (Å²) < 4.78 is 5.21. The third-order valence-corrected chi connectivity index (χ3v) is 5.20. The fourth-order valence-corrected chi connectivity index (χ4v) is 3.37. The SMILES string of the molecule is CCCN1CCC(NC(=NCC(=O)N(C)C)NCCc2ccc(OC)cc2)CC1.I. The van der Waals surface area contributed by atoms with Crippen LogP contribution in [0.2, 0.25) is 0 Å². The molecular weight excluding hydrogens is 493 g/mol. The van der Waals surface area contributed by atoms with Gasteiger partial charge in [0.1, 0.15) is 12.3 Å². The van der Waals surface area contributed by atoms with E-state index in [9.17, 15) is 4.79 Å². The van der Waals surface area contributed by atoms with Crippen molar-refractivity contribution < 1.29 is 9.53 Å². The van der Waals surface area contributed by atoms with Gasteiger partial charge in [-0.25, -0.2) is 4.99 Å². The van der Waals surface area contributed by atoms with Crippen molar-refractivity contribution in [2.45, 2.75) is 38.6 Å². The molecule has 1 aliphatic rings. The van der Waals surface area contributed by atoms with Gasteiger partial charge in [-0.3, -0.25) is 4.79 Å². The van der Waals surface area contributed by atoms with Crippen LogP contribution in [0.4, 0.5) is 0 Å². The molecule has 0 aliphatic carbocycles. The minimum atomic E-state index is -0.000908. The van der Waals surface area contributed by atoms with Gasteiger partial charge in [-0.15, -0.1) is 24.0 Å². The quantitative estimate of drug-likeness (QED) is 0.291. The van der Waals surface area contributed by atoms with Crippen LogP contribution < -0.4 is 15.4 Å². The van der Waals surface area contributed by atoms with Crippen LogP contribution in [0.15, 0.2) is 29.3 Å². The Balaban J connectivity index is 0.00000450. The Morgan fingerprint density at radius 2 is 1.90 bits per heavy atom. The van der Waals surface area contributed by atoms with Crippen molar-refractivity contribution in [2.24, 2.45) is 4.99 Å². The summed E-state index contributed by atoms with van der Waals surface area (Å²) in [4.78, 5) is 20.6. The van der Waals surface area contributed by atoms with Gasteiger partial charge in [-0.2, -0.15) is 0 Å². The molecule has 0 bridgehead atoms. The maximum absolute atomic E-state index is 12.0. The van der Waals surface area contributed by atoms with E-state index in [-0.39, 0.29) is 36.4 Å². The molecule has 1 amide bonds. The van der Waals surface area contributed by atoms with E-state index in [4.69, 9.17) is 4.74 Å². The van der Waals surface area contributed by atoms with Crippen LogP contribution in [0, 0.1) is 0 Å². The summed E-state index contributed by atoms with van der Waals surface area (Å²) in [6.07, 6.45) is 4.27.